The summed E-state index contributed by atoms with van der Waals surface area (Å²) in [5.74, 6) is 0. The fourth-order valence-electron chi connectivity index (χ4n) is 1.17. The van der Waals surface area contributed by atoms with Crippen LogP contribution in [0, 0.1) is 12.3 Å². The molecule has 0 aliphatic heterocycles. The molecule has 0 spiro atoms. The Balaban J connectivity index is 2.66. The Morgan fingerprint density at radius 3 is 2.12 bits per heavy atom. The van der Waals surface area contributed by atoms with E-state index >= 15 is 0 Å². The zero-order valence-electron chi connectivity index (χ0n) is 10.7. The van der Waals surface area contributed by atoms with Gasteiger partial charge in [0, 0.05) is 6.54 Å². The van der Waals surface area contributed by atoms with E-state index in [4.69, 9.17) is 0 Å². The van der Waals surface area contributed by atoms with Gasteiger partial charge in [0.2, 0.25) is 0 Å². The van der Waals surface area contributed by atoms with Crippen molar-refractivity contribution in [3.63, 3.8) is 0 Å². The molecule has 0 saturated carbocycles. The average Bonchev–Trinajstić information content (AvgIpc) is 2.15. The molecule has 1 aromatic rings. The molecule has 0 aromatic heterocycles. The third kappa shape index (κ3) is 4.85. The van der Waals surface area contributed by atoms with Gasteiger partial charge in [-0.05, 0) is 24.5 Å². The van der Waals surface area contributed by atoms with Gasteiger partial charge in [0.1, 0.15) is 0 Å². The monoisotopic (exact) mass is 256 g/mol. The van der Waals surface area contributed by atoms with Crippen molar-refractivity contribution in [3.8, 4) is 0 Å². The van der Waals surface area contributed by atoms with Crippen LogP contribution in [-0.2, 0) is 10.0 Å². The van der Waals surface area contributed by atoms with Gasteiger partial charge in [-0.1, -0.05) is 38.5 Å². The molecule has 0 radical (unpaired) electrons. The van der Waals surface area contributed by atoms with Gasteiger partial charge >= 0.3 is 0 Å². The molecule has 96 valence electrons. The van der Waals surface area contributed by atoms with Crippen molar-refractivity contribution in [2.45, 2.75) is 32.6 Å². The smallest absolute Gasteiger partial charge is 0.243 e. The van der Waals surface area contributed by atoms with Crippen LogP contribution in [0.5, 0.6) is 0 Å². The number of hydrogen-bond acceptors (Lipinski definition) is 3. The summed E-state index contributed by atoms with van der Waals surface area (Å²) >= 11 is 0. The minimum atomic E-state index is -3.46. The summed E-state index contributed by atoms with van der Waals surface area (Å²) in [7, 11) is -3.46. The second-order valence-corrected chi connectivity index (χ2v) is 7.02. The summed E-state index contributed by atoms with van der Waals surface area (Å²) in [6.07, 6.45) is 0. The molecule has 0 atom stereocenters. The Morgan fingerprint density at radius 2 is 1.65 bits per heavy atom. The van der Waals surface area contributed by atoms with Gasteiger partial charge in [0.25, 0.3) is 10.0 Å². The average molecular weight is 256 g/mol. The van der Waals surface area contributed by atoms with Gasteiger partial charge in [-0.3, -0.25) is 0 Å². The van der Waals surface area contributed by atoms with Crippen molar-refractivity contribution in [1.82, 2.24) is 10.3 Å². The lowest BCUT2D eigenvalue weighted by atomic mass is 9.98. The zero-order chi connectivity index (χ0) is 13.1. The van der Waals surface area contributed by atoms with Gasteiger partial charge in [-0.25, -0.2) is 13.8 Å². The molecule has 2 N–H and O–H groups in total. The minimum Gasteiger partial charge on any atom is -0.243 e. The molecule has 0 aliphatic carbocycles. The topological polar surface area (TPSA) is 58.2 Å². The van der Waals surface area contributed by atoms with E-state index in [2.05, 4.69) is 10.3 Å². The molecule has 1 rings (SSSR count). The van der Waals surface area contributed by atoms with E-state index < -0.39 is 10.0 Å². The van der Waals surface area contributed by atoms with E-state index in [1.54, 1.807) is 24.3 Å². The van der Waals surface area contributed by atoms with Crippen LogP contribution in [0.15, 0.2) is 29.2 Å². The largest absolute Gasteiger partial charge is 0.253 e. The zero-order valence-corrected chi connectivity index (χ0v) is 11.6. The van der Waals surface area contributed by atoms with Crippen LogP contribution in [0.4, 0.5) is 0 Å². The molecule has 0 amide bonds. The fourth-order valence-corrected chi connectivity index (χ4v) is 2.05. The van der Waals surface area contributed by atoms with Crippen LogP contribution in [0.2, 0.25) is 0 Å². The highest BCUT2D eigenvalue weighted by molar-refractivity contribution is 7.89. The molecule has 5 heteroatoms. The van der Waals surface area contributed by atoms with Crippen molar-refractivity contribution in [3.05, 3.63) is 29.8 Å². The highest BCUT2D eigenvalue weighted by Gasteiger charge is 2.15. The predicted molar refractivity (Wildman–Crippen MR) is 69.0 cm³/mol. The molecule has 0 heterocycles. The first kappa shape index (κ1) is 14.2. The molecule has 1 aromatic carbocycles. The highest BCUT2D eigenvalue weighted by atomic mass is 32.2. The third-order valence-corrected chi connectivity index (χ3v) is 3.46. The van der Waals surface area contributed by atoms with Crippen molar-refractivity contribution in [2.75, 3.05) is 6.54 Å². The SMILES string of the molecule is Cc1ccc(S(=O)(=O)NNCC(C)(C)C)cc1. The standard InChI is InChI=1S/C12H20N2O2S/c1-10-5-7-11(8-6-10)17(15,16)14-13-9-12(2,3)4/h5-8,13-14H,9H2,1-4H3. The van der Waals surface area contributed by atoms with Crippen LogP contribution in [0.1, 0.15) is 26.3 Å². The first-order chi connectivity index (χ1) is 7.71. The van der Waals surface area contributed by atoms with Crippen LogP contribution >= 0.6 is 0 Å². The summed E-state index contributed by atoms with van der Waals surface area (Å²) in [6, 6.07) is 6.74. The van der Waals surface area contributed by atoms with Gasteiger partial charge < -0.3 is 0 Å². The summed E-state index contributed by atoms with van der Waals surface area (Å²) in [5, 5.41) is 0. The number of hydrogen-bond donors (Lipinski definition) is 2. The minimum absolute atomic E-state index is 0.0236. The van der Waals surface area contributed by atoms with Gasteiger partial charge in [-0.2, -0.15) is 0 Å². The van der Waals surface area contributed by atoms with Crippen molar-refractivity contribution >= 4 is 10.0 Å². The lowest BCUT2D eigenvalue weighted by Crippen LogP contribution is -2.41. The van der Waals surface area contributed by atoms with Crippen LogP contribution < -0.4 is 10.3 Å². The van der Waals surface area contributed by atoms with Gasteiger partial charge in [0.05, 0.1) is 4.90 Å². The Hall–Kier alpha value is -0.910. The Labute approximate surface area is 103 Å². The first-order valence-electron chi connectivity index (χ1n) is 5.52. The quantitative estimate of drug-likeness (QED) is 0.808. The van der Waals surface area contributed by atoms with Gasteiger partial charge in [-0.15, -0.1) is 4.83 Å². The van der Waals surface area contributed by atoms with E-state index in [9.17, 15) is 8.42 Å². The number of rotatable bonds is 4. The number of aryl methyl sites for hydroxylation is 1. The molecule has 0 unspecified atom stereocenters. The normalized spacial score (nSPS) is 12.7. The predicted octanol–water partition coefficient (Wildman–Crippen LogP) is 1.82. The van der Waals surface area contributed by atoms with Crippen LogP contribution in [0.3, 0.4) is 0 Å². The summed E-state index contributed by atoms with van der Waals surface area (Å²) in [6.45, 7) is 8.57. The van der Waals surface area contributed by atoms with Crippen molar-refractivity contribution in [2.24, 2.45) is 5.41 Å². The van der Waals surface area contributed by atoms with Gasteiger partial charge in [0.15, 0.2) is 0 Å². The maximum atomic E-state index is 11.9. The maximum absolute atomic E-state index is 11.9. The molecule has 0 fully saturated rings. The van der Waals surface area contributed by atoms with E-state index in [0.717, 1.165) is 5.56 Å². The number of nitrogens with one attached hydrogen (secondary N) is 2. The molecule has 0 saturated heterocycles. The molecular formula is C12H20N2O2S. The lowest BCUT2D eigenvalue weighted by Gasteiger charge is -2.19. The Morgan fingerprint density at radius 1 is 1.12 bits per heavy atom. The Bertz CT molecular complexity index is 458. The second-order valence-electron chi connectivity index (χ2n) is 5.33. The van der Waals surface area contributed by atoms with E-state index in [1.165, 1.54) is 0 Å². The summed E-state index contributed by atoms with van der Waals surface area (Å²) in [4.78, 5) is 2.64. The van der Waals surface area contributed by atoms with E-state index in [1.807, 2.05) is 27.7 Å². The first-order valence-corrected chi connectivity index (χ1v) is 7.00. The molecule has 0 aliphatic rings. The molecule has 0 bridgehead atoms. The van der Waals surface area contributed by atoms with Crippen LogP contribution in [0.25, 0.3) is 0 Å². The number of hydrazine groups is 1. The van der Waals surface area contributed by atoms with Crippen LogP contribution in [-0.4, -0.2) is 15.0 Å². The molecule has 17 heavy (non-hydrogen) atoms. The second kappa shape index (κ2) is 5.16. The van der Waals surface area contributed by atoms with Crippen molar-refractivity contribution in [1.29, 1.82) is 0 Å². The lowest BCUT2D eigenvalue weighted by molar-refractivity contribution is 0.371. The number of benzene rings is 1. The Kier molecular flexibility index (Phi) is 4.30. The summed E-state index contributed by atoms with van der Waals surface area (Å²) < 4.78 is 23.7. The molecule has 4 nitrogen and oxygen atoms in total. The van der Waals surface area contributed by atoms with E-state index in [0.29, 0.717) is 6.54 Å². The maximum Gasteiger partial charge on any atom is 0.253 e. The third-order valence-electron chi connectivity index (χ3n) is 2.16. The van der Waals surface area contributed by atoms with E-state index in [-0.39, 0.29) is 10.3 Å². The highest BCUT2D eigenvalue weighted by Crippen LogP contribution is 2.11. The molecular weight excluding hydrogens is 236 g/mol. The summed E-state index contributed by atoms with van der Waals surface area (Å²) in [5.41, 5.74) is 3.80. The number of sulfonamides is 1. The fraction of sp³-hybridized carbons (Fsp3) is 0.500. The van der Waals surface area contributed by atoms with Crippen molar-refractivity contribution < 1.29 is 8.42 Å².